The van der Waals surface area contributed by atoms with Gasteiger partial charge in [-0.05, 0) is 54.2 Å². The Morgan fingerprint density at radius 1 is 1.11 bits per heavy atom. The lowest BCUT2D eigenvalue weighted by Crippen LogP contribution is -2.29. The second-order valence-electron chi connectivity index (χ2n) is 7.21. The number of hydrogen-bond donors (Lipinski definition) is 1. The maximum absolute atomic E-state index is 12.5. The van der Waals surface area contributed by atoms with E-state index in [0.29, 0.717) is 18.8 Å². The van der Waals surface area contributed by atoms with Gasteiger partial charge in [0.25, 0.3) is 0 Å². The van der Waals surface area contributed by atoms with E-state index >= 15 is 0 Å². The van der Waals surface area contributed by atoms with Crippen LogP contribution in [0.3, 0.4) is 0 Å². The van der Waals surface area contributed by atoms with Crippen LogP contribution in [0.25, 0.3) is 0 Å². The maximum atomic E-state index is 12.5. The van der Waals surface area contributed by atoms with Crippen LogP contribution in [0.5, 0.6) is 17.2 Å². The number of nitrogens with one attached hydrogen (secondary N) is 1. The van der Waals surface area contributed by atoms with Crippen molar-refractivity contribution < 1.29 is 19.0 Å². The molecule has 0 saturated carbocycles. The van der Waals surface area contributed by atoms with Crippen LogP contribution >= 0.6 is 0 Å². The molecule has 1 N–H and O–H groups in total. The summed E-state index contributed by atoms with van der Waals surface area (Å²) in [6.45, 7) is 4.59. The van der Waals surface area contributed by atoms with Gasteiger partial charge in [0, 0.05) is 6.42 Å². The van der Waals surface area contributed by atoms with E-state index in [-0.39, 0.29) is 18.7 Å². The average Bonchev–Trinajstić information content (AvgIpc) is 3.13. The molecule has 0 aliphatic carbocycles. The lowest BCUT2D eigenvalue weighted by molar-refractivity contribution is -0.121. The molecule has 1 heterocycles. The van der Waals surface area contributed by atoms with E-state index in [2.05, 4.69) is 19.2 Å². The summed E-state index contributed by atoms with van der Waals surface area (Å²) in [5.74, 6) is 2.86. The molecule has 27 heavy (non-hydrogen) atoms. The largest absolute Gasteiger partial charge is 0.497 e. The third-order valence-electron chi connectivity index (χ3n) is 4.64. The van der Waals surface area contributed by atoms with Crippen molar-refractivity contribution in [1.29, 1.82) is 0 Å². The highest BCUT2D eigenvalue weighted by Crippen LogP contribution is 2.32. The molecule has 0 fully saturated rings. The van der Waals surface area contributed by atoms with Crippen LogP contribution in [0.4, 0.5) is 0 Å². The van der Waals surface area contributed by atoms with Crippen molar-refractivity contribution in [3.8, 4) is 17.2 Å². The van der Waals surface area contributed by atoms with Gasteiger partial charge in [0.15, 0.2) is 11.5 Å². The Bertz CT molecular complexity index is 770. The molecule has 2 aromatic rings. The number of rotatable bonds is 8. The van der Waals surface area contributed by atoms with Crippen LogP contribution in [0, 0.1) is 5.92 Å². The van der Waals surface area contributed by atoms with E-state index in [1.165, 1.54) is 0 Å². The van der Waals surface area contributed by atoms with Gasteiger partial charge in [-0.1, -0.05) is 32.0 Å². The van der Waals surface area contributed by atoms with Gasteiger partial charge >= 0.3 is 0 Å². The minimum absolute atomic E-state index is 0.000148. The van der Waals surface area contributed by atoms with Crippen LogP contribution in [-0.4, -0.2) is 19.8 Å². The van der Waals surface area contributed by atoms with E-state index in [0.717, 1.165) is 34.8 Å². The molecule has 1 aliphatic heterocycles. The van der Waals surface area contributed by atoms with Gasteiger partial charge in [-0.2, -0.15) is 0 Å². The molecule has 1 aliphatic rings. The van der Waals surface area contributed by atoms with Gasteiger partial charge in [0.05, 0.1) is 13.2 Å². The van der Waals surface area contributed by atoms with E-state index in [1.54, 1.807) is 7.11 Å². The van der Waals surface area contributed by atoms with Crippen LogP contribution < -0.4 is 19.5 Å². The summed E-state index contributed by atoms with van der Waals surface area (Å²) in [5.41, 5.74) is 2.17. The summed E-state index contributed by atoms with van der Waals surface area (Å²) in [7, 11) is 1.65. The number of benzene rings is 2. The zero-order valence-electron chi connectivity index (χ0n) is 16.2. The molecule has 0 spiro atoms. The fraction of sp³-hybridized carbons (Fsp3) is 0.409. The second-order valence-corrected chi connectivity index (χ2v) is 7.21. The Labute approximate surface area is 160 Å². The first kappa shape index (κ1) is 19.1. The highest BCUT2D eigenvalue weighted by molar-refractivity contribution is 5.76. The van der Waals surface area contributed by atoms with Gasteiger partial charge in [-0.15, -0.1) is 0 Å². The van der Waals surface area contributed by atoms with Crippen molar-refractivity contribution in [2.24, 2.45) is 5.92 Å². The predicted molar refractivity (Wildman–Crippen MR) is 104 cm³/mol. The minimum Gasteiger partial charge on any atom is -0.497 e. The Morgan fingerprint density at radius 3 is 2.56 bits per heavy atom. The van der Waals surface area contributed by atoms with E-state index in [1.807, 2.05) is 42.5 Å². The van der Waals surface area contributed by atoms with Crippen molar-refractivity contribution >= 4 is 5.91 Å². The third-order valence-corrected chi connectivity index (χ3v) is 4.64. The summed E-state index contributed by atoms with van der Waals surface area (Å²) >= 11 is 0. The van der Waals surface area contributed by atoms with E-state index in [4.69, 9.17) is 14.2 Å². The summed E-state index contributed by atoms with van der Waals surface area (Å²) in [6, 6.07) is 13.7. The number of fused-ring (bicyclic) bond motifs is 1. The molecule has 1 amide bonds. The molecule has 5 nitrogen and oxygen atoms in total. The number of hydrogen-bond acceptors (Lipinski definition) is 4. The van der Waals surface area contributed by atoms with Crippen LogP contribution in [0.1, 0.15) is 43.9 Å². The SMILES string of the molecule is COc1ccc([C@H](CC(C)C)NC(=O)CCc2ccc3c(c2)OCO3)cc1. The lowest BCUT2D eigenvalue weighted by atomic mass is 9.96. The molecule has 5 heteroatoms. The summed E-state index contributed by atoms with van der Waals surface area (Å²) in [6.07, 6.45) is 1.99. The van der Waals surface area contributed by atoms with Gasteiger partial charge in [0.1, 0.15) is 5.75 Å². The first-order valence-electron chi connectivity index (χ1n) is 9.37. The molecule has 2 aromatic carbocycles. The predicted octanol–water partition coefficient (Wildman–Crippen LogP) is 4.26. The molecule has 1 atom stereocenters. The monoisotopic (exact) mass is 369 g/mol. The highest BCUT2D eigenvalue weighted by atomic mass is 16.7. The lowest BCUT2D eigenvalue weighted by Gasteiger charge is -2.21. The summed E-state index contributed by atoms with van der Waals surface area (Å²) in [5, 5.41) is 3.19. The smallest absolute Gasteiger partial charge is 0.231 e. The van der Waals surface area contributed by atoms with Crippen molar-refractivity contribution in [2.75, 3.05) is 13.9 Å². The van der Waals surface area contributed by atoms with Gasteiger partial charge in [-0.3, -0.25) is 4.79 Å². The average molecular weight is 369 g/mol. The van der Waals surface area contributed by atoms with Crippen LogP contribution in [0.15, 0.2) is 42.5 Å². The number of ether oxygens (including phenoxy) is 3. The van der Waals surface area contributed by atoms with Gasteiger partial charge in [-0.25, -0.2) is 0 Å². The van der Waals surface area contributed by atoms with E-state index in [9.17, 15) is 4.79 Å². The second kappa shape index (κ2) is 8.80. The molecule has 0 radical (unpaired) electrons. The normalized spacial score (nSPS) is 13.5. The molecule has 0 saturated heterocycles. The Balaban J connectivity index is 1.60. The standard InChI is InChI=1S/C22H27NO4/c1-15(2)12-19(17-6-8-18(25-3)9-7-17)23-22(24)11-5-16-4-10-20-21(13-16)27-14-26-20/h4,6-10,13,15,19H,5,11-12,14H2,1-3H3,(H,23,24)/t19-/m0/s1. The Hall–Kier alpha value is -2.69. The molecular weight excluding hydrogens is 342 g/mol. The number of carbonyl (C=O) groups is 1. The first-order chi connectivity index (χ1) is 13.0. The molecular formula is C22H27NO4. The van der Waals surface area contributed by atoms with Gasteiger partial charge < -0.3 is 19.5 Å². The first-order valence-corrected chi connectivity index (χ1v) is 9.37. The molecule has 0 bridgehead atoms. The van der Waals surface area contributed by atoms with Crippen molar-refractivity contribution in [3.05, 3.63) is 53.6 Å². The summed E-state index contributed by atoms with van der Waals surface area (Å²) in [4.78, 5) is 12.5. The summed E-state index contributed by atoms with van der Waals surface area (Å²) < 4.78 is 15.9. The Kier molecular flexibility index (Phi) is 6.22. The molecule has 3 rings (SSSR count). The van der Waals surface area contributed by atoms with Crippen molar-refractivity contribution in [1.82, 2.24) is 5.32 Å². The number of amides is 1. The molecule has 144 valence electrons. The topological polar surface area (TPSA) is 56.8 Å². The van der Waals surface area contributed by atoms with Crippen molar-refractivity contribution in [3.63, 3.8) is 0 Å². The zero-order chi connectivity index (χ0) is 19.2. The minimum atomic E-state index is 0.000148. The van der Waals surface area contributed by atoms with Gasteiger partial charge in [0.2, 0.25) is 12.7 Å². The molecule has 0 aromatic heterocycles. The quantitative estimate of drug-likeness (QED) is 0.755. The fourth-order valence-electron chi connectivity index (χ4n) is 3.21. The zero-order valence-corrected chi connectivity index (χ0v) is 16.2. The number of methoxy groups -OCH3 is 1. The fourth-order valence-corrected chi connectivity index (χ4v) is 3.21. The number of carbonyl (C=O) groups excluding carboxylic acids is 1. The number of aryl methyl sites for hydroxylation is 1. The Morgan fingerprint density at radius 2 is 1.85 bits per heavy atom. The third kappa shape index (κ3) is 5.16. The maximum Gasteiger partial charge on any atom is 0.231 e. The van der Waals surface area contributed by atoms with E-state index < -0.39 is 0 Å². The van der Waals surface area contributed by atoms with Crippen LogP contribution in [-0.2, 0) is 11.2 Å². The highest BCUT2D eigenvalue weighted by Gasteiger charge is 2.17. The molecule has 0 unspecified atom stereocenters. The van der Waals surface area contributed by atoms with Crippen molar-refractivity contribution in [2.45, 2.75) is 39.2 Å². The van der Waals surface area contributed by atoms with Crippen LogP contribution in [0.2, 0.25) is 0 Å².